The lowest BCUT2D eigenvalue weighted by Gasteiger charge is -2.23. The molecule has 0 radical (unpaired) electrons. The van der Waals surface area contributed by atoms with Gasteiger partial charge in [-0.2, -0.15) is 5.10 Å². The number of aromatic carboxylic acids is 1. The molecule has 116 valence electrons. The molecule has 22 heavy (non-hydrogen) atoms. The average Bonchev–Trinajstić information content (AvgIpc) is 2.90. The summed E-state index contributed by atoms with van der Waals surface area (Å²) in [5, 5.41) is 13.7. The number of carboxylic acids is 1. The molecule has 1 aromatic heterocycles. The van der Waals surface area contributed by atoms with Crippen molar-refractivity contribution in [3.05, 3.63) is 40.5 Å². The van der Waals surface area contributed by atoms with Crippen LogP contribution < -0.4 is 0 Å². The zero-order valence-corrected chi connectivity index (χ0v) is 13.0. The van der Waals surface area contributed by atoms with E-state index in [9.17, 15) is 4.79 Å². The van der Waals surface area contributed by atoms with Crippen LogP contribution in [0.3, 0.4) is 0 Å². The number of aromatic nitrogens is 2. The Hall–Kier alpha value is -1.85. The molecule has 1 saturated heterocycles. The van der Waals surface area contributed by atoms with Gasteiger partial charge in [0.1, 0.15) is 0 Å². The fourth-order valence-corrected chi connectivity index (χ4v) is 3.20. The Labute approximate surface area is 133 Å². The van der Waals surface area contributed by atoms with E-state index >= 15 is 0 Å². The molecule has 3 rings (SSSR count). The average molecular weight is 321 g/mol. The molecule has 0 spiro atoms. The molecule has 0 aliphatic carbocycles. The molecule has 5 nitrogen and oxygen atoms in total. The molecule has 0 unspecified atom stereocenters. The molecule has 0 amide bonds. The first-order chi connectivity index (χ1) is 10.6. The van der Waals surface area contributed by atoms with Crippen LogP contribution in [0.5, 0.6) is 0 Å². The smallest absolute Gasteiger partial charge is 0.356 e. The predicted molar refractivity (Wildman–Crippen MR) is 83.4 cm³/mol. The van der Waals surface area contributed by atoms with Crippen molar-refractivity contribution in [3.8, 4) is 11.3 Å². The minimum absolute atomic E-state index is 0.0297. The second-order valence-electron chi connectivity index (χ2n) is 5.47. The van der Waals surface area contributed by atoms with Crippen molar-refractivity contribution in [1.82, 2.24) is 9.78 Å². The molecular weight excluding hydrogens is 304 g/mol. The fraction of sp³-hybridized carbons (Fsp3) is 0.375. The van der Waals surface area contributed by atoms with Gasteiger partial charge in [-0.25, -0.2) is 4.79 Å². The number of halogens is 1. The number of carbonyl (C=O) groups is 1. The van der Waals surface area contributed by atoms with Gasteiger partial charge in [-0.1, -0.05) is 23.7 Å². The standard InChI is InChI=1S/C16H17ClN2O3/c1-19-15(9-14(18-19)16(20)21)11-2-3-12(13(17)8-11)10-4-6-22-7-5-10/h2-3,8-10H,4-7H2,1H3,(H,20,21). The summed E-state index contributed by atoms with van der Waals surface area (Å²) in [6.07, 6.45) is 1.96. The Morgan fingerprint density at radius 2 is 2.09 bits per heavy atom. The van der Waals surface area contributed by atoms with Gasteiger partial charge in [-0.15, -0.1) is 0 Å². The SMILES string of the molecule is Cn1nc(C(=O)O)cc1-c1ccc(C2CCOCC2)c(Cl)c1. The highest BCUT2D eigenvalue weighted by Gasteiger charge is 2.19. The molecule has 2 heterocycles. The first-order valence-corrected chi connectivity index (χ1v) is 7.59. The molecule has 1 fully saturated rings. The fourth-order valence-electron chi connectivity index (χ4n) is 2.87. The van der Waals surface area contributed by atoms with Gasteiger partial charge in [0.2, 0.25) is 0 Å². The highest BCUT2D eigenvalue weighted by molar-refractivity contribution is 6.31. The Kier molecular flexibility index (Phi) is 4.18. The van der Waals surface area contributed by atoms with E-state index in [2.05, 4.69) is 5.10 Å². The zero-order valence-electron chi connectivity index (χ0n) is 12.3. The van der Waals surface area contributed by atoms with Gasteiger partial charge in [0.05, 0.1) is 5.69 Å². The molecule has 1 N–H and O–H groups in total. The maximum absolute atomic E-state index is 11.0. The lowest BCUT2D eigenvalue weighted by molar-refractivity contribution is 0.0689. The molecule has 2 aromatic rings. The Balaban J connectivity index is 1.93. The molecule has 1 aliphatic heterocycles. The third-order valence-corrected chi connectivity index (χ3v) is 4.38. The van der Waals surface area contributed by atoms with Crippen LogP contribution in [0.25, 0.3) is 11.3 Å². The number of rotatable bonds is 3. The van der Waals surface area contributed by atoms with Crippen LogP contribution in [-0.4, -0.2) is 34.1 Å². The molecule has 1 aromatic carbocycles. The summed E-state index contributed by atoms with van der Waals surface area (Å²) in [6, 6.07) is 7.44. The molecule has 0 atom stereocenters. The quantitative estimate of drug-likeness (QED) is 0.942. The van der Waals surface area contributed by atoms with E-state index in [0.29, 0.717) is 10.9 Å². The Morgan fingerprint density at radius 3 is 2.68 bits per heavy atom. The van der Waals surface area contributed by atoms with E-state index in [0.717, 1.165) is 42.9 Å². The minimum atomic E-state index is -1.04. The van der Waals surface area contributed by atoms with Crippen molar-refractivity contribution in [2.24, 2.45) is 7.05 Å². The van der Waals surface area contributed by atoms with Crippen LogP contribution in [0, 0.1) is 0 Å². The number of carboxylic acid groups (broad SMARTS) is 1. The minimum Gasteiger partial charge on any atom is -0.476 e. The second-order valence-corrected chi connectivity index (χ2v) is 5.87. The van der Waals surface area contributed by atoms with Gasteiger partial charge < -0.3 is 9.84 Å². The lowest BCUT2D eigenvalue weighted by Crippen LogP contribution is -2.14. The maximum atomic E-state index is 11.0. The van der Waals surface area contributed by atoms with Crippen LogP contribution >= 0.6 is 11.6 Å². The molecule has 1 aliphatic rings. The van der Waals surface area contributed by atoms with Crippen molar-refractivity contribution in [2.75, 3.05) is 13.2 Å². The maximum Gasteiger partial charge on any atom is 0.356 e. The summed E-state index contributed by atoms with van der Waals surface area (Å²) in [5.74, 6) is -0.608. The van der Waals surface area contributed by atoms with Gasteiger partial charge >= 0.3 is 5.97 Å². The highest BCUT2D eigenvalue weighted by Crippen LogP contribution is 2.34. The number of hydrogen-bond acceptors (Lipinski definition) is 3. The topological polar surface area (TPSA) is 64.4 Å². The molecule has 0 bridgehead atoms. The van der Waals surface area contributed by atoms with Crippen molar-refractivity contribution >= 4 is 17.6 Å². The first-order valence-electron chi connectivity index (χ1n) is 7.21. The van der Waals surface area contributed by atoms with Gasteiger partial charge in [-0.3, -0.25) is 4.68 Å². The van der Waals surface area contributed by atoms with Crippen LogP contribution in [0.2, 0.25) is 5.02 Å². The van der Waals surface area contributed by atoms with Crippen LogP contribution in [0.4, 0.5) is 0 Å². The summed E-state index contributed by atoms with van der Waals surface area (Å²) in [4.78, 5) is 11.0. The lowest BCUT2D eigenvalue weighted by atomic mass is 9.91. The van der Waals surface area contributed by atoms with E-state index in [1.54, 1.807) is 17.8 Å². The van der Waals surface area contributed by atoms with Gasteiger partial charge in [0.25, 0.3) is 0 Å². The molecule has 6 heteroatoms. The van der Waals surface area contributed by atoms with E-state index in [1.807, 2.05) is 18.2 Å². The van der Waals surface area contributed by atoms with E-state index in [-0.39, 0.29) is 5.69 Å². The van der Waals surface area contributed by atoms with Crippen molar-refractivity contribution < 1.29 is 14.6 Å². The molecule has 0 saturated carbocycles. The predicted octanol–water partition coefficient (Wildman–Crippen LogP) is 3.33. The van der Waals surface area contributed by atoms with Crippen LogP contribution in [0.1, 0.15) is 34.8 Å². The van der Waals surface area contributed by atoms with Gasteiger partial charge in [-0.05, 0) is 36.5 Å². The van der Waals surface area contributed by atoms with Crippen molar-refractivity contribution in [2.45, 2.75) is 18.8 Å². The number of benzene rings is 1. The van der Waals surface area contributed by atoms with E-state index in [4.69, 9.17) is 21.4 Å². The van der Waals surface area contributed by atoms with Gasteiger partial charge in [0.15, 0.2) is 5.69 Å². The number of aryl methyl sites for hydroxylation is 1. The largest absolute Gasteiger partial charge is 0.476 e. The summed E-state index contributed by atoms with van der Waals surface area (Å²) in [7, 11) is 1.72. The third kappa shape index (κ3) is 2.87. The number of ether oxygens (including phenoxy) is 1. The van der Waals surface area contributed by atoms with Gasteiger partial charge in [0, 0.05) is 30.8 Å². The normalized spacial score (nSPS) is 15.9. The number of hydrogen-bond donors (Lipinski definition) is 1. The van der Waals surface area contributed by atoms with Crippen molar-refractivity contribution in [1.29, 1.82) is 0 Å². The molecular formula is C16H17ClN2O3. The Morgan fingerprint density at radius 1 is 1.36 bits per heavy atom. The second kappa shape index (κ2) is 6.10. The summed E-state index contributed by atoms with van der Waals surface area (Å²) < 4.78 is 6.94. The van der Waals surface area contributed by atoms with E-state index in [1.165, 1.54) is 0 Å². The summed E-state index contributed by atoms with van der Waals surface area (Å²) in [6.45, 7) is 1.54. The van der Waals surface area contributed by atoms with Crippen LogP contribution in [0.15, 0.2) is 24.3 Å². The monoisotopic (exact) mass is 320 g/mol. The van der Waals surface area contributed by atoms with Crippen molar-refractivity contribution in [3.63, 3.8) is 0 Å². The summed E-state index contributed by atoms with van der Waals surface area (Å²) in [5.41, 5.74) is 2.76. The third-order valence-electron chi connectivity index (χ3n) is 4.06. The highest BCUT2D eigenvalue weighted by atomic mass is 35.5. The number of nitrogens with zero attached hydrogens (tertiary/aromatic N) is 2. The Bertz CT molecular complexity index is 705. The first kappa shape index (κ1) is 15.1. The summed E-state index contributed by atoms with van der Waals surface area (Å²) >= 11 is 6.45. The zero-order chi connectivity index (χ0) is 15.7. The van der Waals surface area contributed by atoms with E-state index < -0.39 is 5.97 Å². The van der Waals surface area contributed by atoms with Crippen LogP contribution in [-0.2, 0) is 11.8 Å².